The minimum absolute atomic E-state index is 0.0621. The average Bonchev–Trinajstić information content (AvgIpc) is 3.19. The molecule has 1 aliphatic carbocycles. The highest BCUT2D eigenvalue weighted by molar-refractivity contribution is 6.15. The fourth-order valence-electron chi connectivity index (χ4n) is 5.08. The Kier molecular flexibility index (Phi) is 5.03. The number of ether oxygens (including phenoxy) is 3. The van der Waals surface area contributed by atoms with Gasteiger partial charge in [-0.15, -0.1) is 0 Å². The number of imide groups is 3. The maximum absolute atomic E-state index is 13.9. The number of amides is 3. The van der Waals surface area contributed by atoms with Crippen LogP contribution in [-0.2, 0) is 23.8 Å². The van der Waals surface area contributed by atoms with E-state index in [9.17, 15) is 29.0 Å². The van der Waals surface area contributed by atoms with E-state index >= 15 is 0 Å². The molecule has 6 atom stereocenters. The van der Waals surface area contributed by atoms with E-state index in [2.05, 4.69) is 4.74 Å². The number of rotatable bonds is 3. The molecule has 0 bridgehead atoms. The molecule has 2 N–H and O–H groups in total. The van der Waals surface area contributed by atoms with Crippen LogP contribution in [-0.4, -0.2) is 59.6 Å². The number of methoxy groups -OCH3 is 2. The molecule has 1 aromatic carbocycles. The summed E-state index contributed by atoms with van der Waals surface area (Å²) < 4.78 is 29.6. The van der Waals surface area contributed by atoms with Crippen LogP contribution >= 0.6 is 0 Å². The van der Waals surface area contributed by atoms with Crippen molar-refractivity contribution >= 4 is 17.9 Å². The van der Waals surface area contributed by atoms with Crippen molar-refractivity contribution in [1.29, 1.82) is 0 Å². The number of likely N-dealkylation sites (tertiary alicyclic amines) is 1. The molecule has 3 amide bonds. The fourth-order valence-corrected chi connectivity index (χ4v) is 5.08. The molecule has 3 fully saturated rings. The Bertz CT molecular complexity index is 907. The van der Waals surface area contributed by atoms with Crippen molar-refractivity contribution < 1.29 is 43.2 Å². The molecular weight excluding hydrogens is 401 g/mol. The molecule has 3 aliphatic rings. The van der Waals surface area contributed by atoms with Crippen molar-refractivity contribution in [2.45, 2.75) is 24.7 Å². The summed E-state index contributed by atoms with van der Waals surface area (Å²) in [6, 6.07) is 3.75. The number of carbonyl (C=O) groups excluding carboxylic acids is 3. The van der Waals surface area contributed by atoms with Crippen molar-refractivity contribution in [3.8, 4) is 5.75 Å². The van der Waals surface area contributed by atoms with Gasteiger partial charge < -0.3 is 24.4 Å². The molecule has 1 aromatic rings. The molecule has 1 saturated carbocycles. The second-order valence-electron chi connectivity index (χ2n) is 7.91. The van der Waals surface area contributed by atoms with Crippen LogP contribution in [0, 0.1) is 29.5 Å². The Morgan fingerprint density at radius 2 is 2.03 bits per heavy atom. The summed E-state index contributed by atoms with van der Waals surface area (Å²) in [5.74, 6) is -7.82. The van der Waals surface area contributed by atoms with Crippen molar-refractivity contribution in [2.75, 3.05) is 20.8 Å². The van der Waals surface area contributed by atoms with E-state index in [1.165, 1.54) is 19.2 Å². The number of hydrogen-bond donors (Lipinski definition) is 2. The van der Waals surface area contributed by atoms with Crippen LogP contribution < -0.4 is 0 Å². The number of fused-ring (bicyclic) bond motifs is 3. The Hall–Kier alpha value is -2.56. The van der Waals surface area contributed by atoms with Gasteiger partial charge in [-0.05, 0) is 30.5 Å². The van der Waals surface area contributed by atoms with Gasteiger partial charge in [-0.2, -0.15) is 4.90 Å². The van der Waals surface area contributed by atoms with Gasteiger partial charge in [0.05, 0.1) is 31.7 Å². The molecule has 10 heteroatoms. The van der Waals surface area contributed by atoms with Gasteiger partial charge in [-0.1, -0.05) is 6.07 Å². The first-order chi connectivity index (χ1) is 14.2. The van der Waals surface area contributed by atoms with Crippen LogP contribution in [0.4, 0.5) is 9.18 Å². The van der Waals surface area contributed by atoms with Gasteiger partial charge in [0.1, 0.15) is 0 Å². The van der Waals surface area contributed by atoms with Crippen LogP contribution in [0.1, 0.15) is 24.5 Å². The third-order valence-corrected chi connectivity index (χ3v) is 6.43. The second kappa shape index (κ2) is 7.29. The molecule has 2 heterocycles. The van der Waals surface area contributed by atoms with E-state index in [0.717, 1.165) is 13.2 Å². The number of benzene rings is 1. The summed E-state index contributed by atoms with van der Waals surface area (Å²) in [6.45, 7) is 0.0621. The maximum Gasteiger partial charge on any atom is 0.423 e. The zero-order valence-electron chi connectivity index (χ0n) is 16.4. The molecule has 0 radical (unpaired) electrons. The van der Waals surface area contributed by atoms with Gasteiger partial charge in [-0.3, -0.25) is 9.59 Å². The normalized spacial score (nSPS) is 35.3. The lowest BCUT2D eigenvalue weighted by molar-refractivity contribution is -0.275. The van der Waals surface area contributed by atoms with E-state index in [4.69, 9.17) is 9.47 Å². The highest BCUT2D eigenvalue weighted by Gasteiger charge is 2.67. The molecule has 9 nitrogen and oxygen atoms in total. The summed E-state index contributed by atoms with van der Waals surface area (Å²) in [7, 11) is 2.51. The van der Waals surface area contributed by atoms with Gasteiger partial charge in [0.15, 0.2) is 17.4 Å². The Labute approximate surface area is 171 Å². The molecule has 0 unspecified atom stereocenters. The lowest BCUT2D eigenvalue weighted by Crippen LogP contribution is -2.54. The smallest absolute Gasteiger partial charge is 0.423 e. The number of aliphatic hydroxyl groups is 1. The number of hydrogen-bond acceptors (Lipinski definition) is 8. The van der Waals surface area contributed by atoms with E-state index in [-0.39, 0.29) is 19.4 Å². The molecule has 0 aromatic heterocycles. The lowest BCUT2D eigenvalue weighted by Gasteiger charge is -2.44. The monoisotopic (exact) mass is 423 g/mol. The second-order valence-corrected chi connectivity index (χ2v) is 7.91. The summed E-state index contributed by atoms with van der Waals surface area (Å²) in [5.41, 5.74) is 0.377. The minimum atomic E-state index is -1.81. The van der Waals surface area contributed by atoms with Crippen LogP contribution in [0.5, 0.6) is 5.75 Å². The van der Waals surface area contributed by atoms with E-state index in [1.807, 2.05) is 0 Å². The highest BCUT2D eigenvalue weighted by Crippen LogP contribution is 2.58. The van der Waals surface area contributed by atoms with Crippen LogP contribution in [0.15, 0.2) is 18.2 Å². The van der Waals surface area contributed by atoms with Gasteiger partial charge in [0, 0.05) is 18.9 Å². The summed E-state index contributed by atoms with van der Waals surface area (Å²) in [4.78, 5) is 38.2. The standard InChI is InChI=1S/C20H22FNO8/c1-28-8-10-6-11-16(18(25)22(17(11)24)19(26)29-2)12-7-15(30-20(10,12)27)9-3-4-14(23)13(21)5-9/h3-5,10-12,15-16,23,27H,6-8H2,1-2H3/t10-,11+,12+,15+,16+,20-/m1/s1. The number of nitrogens with zero attached hydrogens (tertiary/aromatic N) is 1. The van der Waals surface area contributed by atoms with Gasteiger partial charge in [0.2, 0.25) is 11.8 Å². The first-order valence-corrected chi connectivity index (χ1v) is 9.56. The third-order valence-electron chi connectivity index (χ3n) is 6.43. The molecule has 4 rings (SSSR count). The molecule has 2 aliphatic heterocycles. The minimum Gasteiger partial charge on any atom is -0.505 e. The zero-order chi connectivity index (χ0) is 21.8. The summed E-state index contributed by atoms with van der Waals surface area (Å²) in [6.07, 6.45) is -1.64. The molecular formula is C20H22FNO8. The molecule has 0 spiro atoms. The number of aromatic hydroxyl groups is 1. The third kappa shape index (κ3) is 2.90. The van der Waals surface area contributed by atoms with E-state index in [0.29, 0.717) is 10.5 Å². The first-order valence-electron chi connectivity index (χ1n) is 9.56. The van der Waals surface area contributed by atoms with Gasteiger partial charge in [-0.25, -0.2) is 9.18 Å². The number of phenols is 1. The predicted molar refractivity (Wildman–Crippen MR) is 96.2 cm³/mol. The summed E-state index contributed by atoms with van der Waals surface area (Å²) in [5, 5.41) is 20.9. The quantitative estimate of drug-likeness (QED) is 0.699. The first kappa shape index (κ1) is 20.7. The highest BCUT2D eigenvalue weighted by atomic mass is 19.1. The number of phenolic OH excluding ortho intramolecular Hbond substituents is 1. The Balaban J connectivity index is 1.72. The van der Waals surface area contributed by atoms with Crippen molar-refractivity contribution in [2.24, 2.45) is 23.7 Å². The molecule has 2 saturated heterocycles. The van der Waals surface area contributed by atoms with Gasteiger partial charge >= 0.3 is 6.09 Å². The van der Waals surface area contributed by atoms with Crippen molar-refractivity contribution in [1.82, 2.24) is 4.90 Å². The van der Waals surface area contributed by atoms with Crippen molar-refractivity contribution in [3.63, 3.8) is 0 Å². The maximum atomic E-state index is 13.9. The van der Waals surface area contributed by atoms with Crippen LogP contribution in [0.25, 0.3) is 0 Å². The lowest BCUT2D eigenvalue weighted by atomic mass is 9.64. The van der Waals surface area contributed by atoms with Crippen molar-refractivity contribution in [3.05, 3.63) is 29.6 Å². The Morgan fingerprint density at radius 1 is 1.30 bits per heavy atom. The SMILES string of the molecule is COC[C@H]1C[C@@H]2C(=O)N(C(=O)OC)C(=O)[C@@H]2[C@@H]2C[C@@H](c3ccc(O)c(F)c3)O[C@]12O. The average molecular weight is 423 g/mol. The largest absolute Gasteiger partial charge is 0.505 e. The zero-order valence-corrected chi connectivity index (χ0v) is 16.4. The fraction of sp³-hybridized carbons (Fsp3) is 0.550. The van der Waals surface area contributed by atoms with Crippen LogP contribution in [0.2, 0.25) is 0 Å². The molecule has 30 heavy (non-hydrogen) atoms. The van der Waals surface area contributed by atoms with Crippen LogP contribution in [0.3, 0.4) is 0 Å². The van der Waals surface area contributed by atoms with E-state index < -0.39 is 65.0 Å². The predicted octanol–water partition coefficient (Wildman–Crippen LogP) is 1.33. The topological polar surface area (TPSA) is 123 Å². The van der Waals surface area contributed by atoms with E-state index in [1.54, 1.807) is 0 Å². The number of halogens is 1. The van der Waals surface area contributed by atoms with Gasteiger partial charge in [0.25, 0.3) is 0 Å². The molecule has 162 valence electrons. The summed E-state index contributed by atoms with van der Waals surface area (Å²) >= 11 is 0. The number of carbonyl (C=O) groups is 3. The Morgan fingerprint density at radius 3 is 2.67 bits per heavy atom.